The van der Waals surface area contributed by atoms with Crippen molar-refractivity contribution in [3.8, 4) is 5.69 Å². The van der Waals surface area contributed by atoms with Gasteiger partial charge >= 0.3 is 0 Å². The molecule has 1 aliphatic heterocycles. The Labute approximate surface area is 107 Å². The Morgan fingerprint density at radius 3 is 2.94 bits per heavy atom. The Hall–Kier alpha value is -0.870. The normalized spacial score (nSPS) is 13.4. The third-order valence-electron chi connectivity index (χ3n) is 2.90. The second-order valence-corrected chi connectivity index (χ2v) is 5.09. The lowest BCUT2D eigenvalue weighted by molar-refractivity contribution is 0.766. The van der Waals surface area contributed by atoms with Gasteiger partial charge in [0.1, 0.15) is 11.6 Å². The quantitative estimate of drug-likeness (QED) is 0.748. The highest BCUT2D eigenvalue weighted by Crippen LogP contribution is 2.35. The molecule has 0 unspecified atom stereocenters. The van der Waals surface area contributed by atoms with Crippen LogP contribution in [0.15, 0.2) is 16.6 Å². The van der Waals surface area contributed by atoms with E-state index in [2.05, 4.69) is 36.8 Å². The highest BCUT2D eigenvalue weighted by molar-refractivity contribution is 9.10. The van der Waals surface area contributed by atoms with E-state index in [-0.39, 0.29) is 0 Å². The van der Waals surface area contributed by atoms with Gasteiger partial charge in [-0.2, -0.15) is 0 Å². The van der Waals surface area contributed by atoms with Gasteiger partial charge in [-0.25, -0.2) is 0 Å². The van der Waals surface area contributed by atoms with Gasteiger partial charge in [0.25, 0.3) is 0 Å². The van der Waals surface area contributed by atoms with Gasteiger partial charge in [-0.1, -0.05) is 11.6 Å². The Morgan fingerprint density at radius 2 is 2.12 bits per heavy atom. The molecule has 3 rings (SSSR count). The average molecular weight is 299 g/mol. The molecule has 0 aliphatic carbocycles. The van der Waals surface area contributed by atoms with E-state index < -0.39 is 0 Å². The zero-order valence-electron chi connectivity index (χ0n) is 8.67. The summed E-state index contributed by atoms with van der Waals surface area (Å²) < 4.78 is 3.03. The molecule has 82 valence electrons. The molecule has 0 saturated carbocycles. The van der Waals surface area contributed by atoms with Crippen molar-refractivity contribution in [2.75, 3.05) is 0 Å². The van der Waals surface area contributed by atoms with Gasteiger partial charge in [0.2, 0.25) is 0 Å². The summed E-state index contributed by atoms with van der Waals surface area (Å²) in [5, 5.41) is 9.07. The predicted octanol–water partition coefficient (Wildman–Crippen LogP) is 3.09. The van der Waals surface area contributed by atoms with Crippen molar-refractivity contribution in [1.29, 1.82) is 0 Å². The van der Waals surface area contributed by atoms with E-state index in [0.29, 0.717) is 0 Å². The summed E-state index contributed by atoms with van der Waals surface area (Å²) in [4.78, 5) is 0. The standard InChI is InChI=1S/C11H9BrClN3/c1-6-14-15-10-5-2-7-9(16(6)10)4-3-8(12)11(7)13/h3-4H,2,5H2,1H3. The number of benzene rings is 1. The summed E-state index contributed by atoms with van der Waals surface area (Å²) >= 11 is 9.75. The second kappa shape index (κ2) is 3.57. The van der Waals surface area contributed by atoms with Crippen LogP contribution in [0.5, 0.6) is 0 Å². The largest absolute Gasteiger partial charge is 0.283 e. The zero-order valence-corrected chi connectivity index (χ0v) is 11.0. The molecule has 0 fully saturated rings. The average Bonchev–Trinajstić information content (AvgIpc) is 2.66. The maximum atomic E-state index is 6.30. The van der Waals surface area contributed by atoms with Crippen LogP contribution in [0.3, 0.4) is 0 Å². The first-order valence-corrected chi connectivity index (χ1v) is 6.23. The molecular weight excluding hydrogens is 289 g/mol. The molecule has 2 aromatic rings. The van der Waals surface area contributed by atoms with Crippen molar-refractivity contribution in [2.45, 2.75) is 19.8 Å². The highest BCUT2D eigenvalue weighted by Gasteiger charge is 2.22. The number of aryl methyl sites for hydroxylation is 2. The number of hydrogen-bond acceptors (Lipinski definition) is 2. The van der Waals surface area contributed by atoms with E-state index in [1.807, 2.05) is 13.0 Å². The topological polar surface area (TPSA) is 30.7 Å². The lowest BCUT2D eigenvalue weighted by Crippen LogP contribution is -2.13. The monoisotopic (exact) mass is 297 g/mol. The maximum Gasteiger partial charge on any atom is 0.137 e. The number of aromatic nitrogens is 3. The predicted molar refractivity (Wildman–Crippen MR) is 66.2 cm³/mol. The van der Waals surface area contributed by atoms with Gasteiger partial charge in [0, 0.05) is 10.9 Å². The summed E-state index contributed by atoms with van der Waals surface area (Å²) in [5.41, 5.74) is 2.28. The lowest BCUT2D eigenvalue weighted by atomic mass is 10.0. The van der Waals surface area contributed by atoms with E-state index in [4.69, 9.17) is 11.6 Å². The Balaban J connectivity index is 2.33. The third kappa shape index (κ3) is 1.33. The molecule has 0 spiro atoms. The zero-order chi connectivity index (χ0) is 11.3. The fourth-order valence-corrected chi connectivity index (χ4v) is 2.77. The molecule has 0 radical (unpaired) electrons. The number of fused-ring (bicyclic) bond motifs is 3. The molecule has 2 heterocycles. The Morgan fingerprint density at radius 1 is 1.31 bits per heavy atom. The second-order valence-electron chi connectivity index (χ2n) is 3.86. The molecule has 3 nitrogen and oxygen atoms in total. The van der Waals surface area contributed by atoms with Crippen molar-refractivity contribution in [3.63, 3.8) is 0 Å². The summed E-state index contributed by atoms with van der Waals surface area (Å²) in [6.45, 7) is 1.96. The molecule has 0 saturated heterocycles. The van der Waals surface area contributed by atoms with Crippen molar-refractivity contribution in [1.82, 2.24) is 14.8 Å². The van der Waals surface area contributed by atoms with E-state index >= 15 is 0 Å². The fraction of sp³-hybridized carbons (Fsp3) is 0.273. The van der Waals surface area contributed by atoms with Crippen LogP contribution in [0.1, 0.15) is 17.2 Å². The van der Waals surface area contributed by atoms with Crippen LogP contribution in [0, 0.1) is 6.92 Å². The molecule has 1 aromatic heterocycles. The molecule has 16 heavy (non-hydrogen) atoms. The molecule has 0 bridgehead atoms. The smallest absolute Gasteiger partial charge is 0.137 e. The Bertz CT molecular complexity index is 577. The van der Waals surface area contributed by atoms with Gasteiger partial charge < -0.3 is 0 Å². The van der Waals surface area contributed by atoms with Crippen molar-refractivity contribution in [3.05, 3.63) is 38.8 Å². The molecule has 0 amide bonds. The van der Waals surface area contributed by atoms with E-state index in [1.165, 1.54) is 5.56 Å². The summed E-state index contributed by atoms with van der Waals surface area (Å²) in [6, 6.07) is 4.03. The van der Waals surface area contributed by atoms with Crippen LogP contribution in [0.25, 0.3) is 5.69 Å². The minimum absolute atomic E-state index is 0.802. The van der Waals surface area contributed by atoms with Gasteiger partial charge in [0.15, 0.2) is 0 Å². The van der Waals surface area contributed by atoms with Crippen LogP contribution < -0.4 is 0 Å². The SMILES string of the molecule is Cc1nnc2n1-c1ccc(Br)c(Cl)c1CC2. The van der Waals surface area contributed by atoms with Crippen LogP contribution >= 0.6 is 27.5 Å². The van der Waals surface area contributed by atoms with Crippen molar-refractivity contribution >= 4 is 27.5 Å². The first-order chi connectivity index (χ1) is 7.68. The van der Waals surface area contributed by atoms with Crippen LogP contribution in [0.2, 0.25) is 5.02 Å². The maximum absolute atomic E-state index is 6.30. The first kappa shape index (κ1) is 10.3. The van der Waals surface area contributed by atoms with E-state index in [1.54, 1.807) is 0 Å². The number of rotatable bonds is 0. The van der Waals surface area contributed by atoms with Gasteiger partial charge in [-0.15, -0.1) is 10.2 Å². The number of hydrogen-bond donors (Lipinski definition) is 0. The summed E-state index contributed by atoms with van der Waals surface area (Å²) in [7, 11) is 0. The van der Waals surface area contributed by atoms with Crippen LogP contribution in [0.4, 0.5) is 0 Å². The van der Waals surface area contributed by atoms with Crippen molar-refractivity contribution in [2.24, 2.45) is 0 Å². The summed E-state index contributed by atoms with van der Waals surface area (Å²) in [6.07, 6.45) is 1.82. The minimum atomic E-state index is 0.802. The fourth-order valence-electron chi connectivity index (χ4n) is 2.15. The van der Waals surface area contributed by atoms with Crippen molar-refractivity contribution < 1.29 is 0 Å². The van der Waals surface area contributed by atoms with E-state index in [0.717, 1.165) is 39.7 Å². The molecule has 1 aromatic carbocycles. The van der Waals surface area contributed by atoms with E-state index in [9.17, 15) is 0 Å². The molecular formula is C11H9BrClN3. The van der Waals surface area contributed by atoms with Crippen LogP contribution in [-0.2, 0) is 12.8 Å². The van der Waals surface area contributed by atoms with Gasteiger partial charge in [-0.3, -0.25) is 4.57 Å². The minimum Gasteiger partial charge on any atom is -0.283 e. The molecule has 0 N–H and O–H groups in total. The third-order valence-corrected chi connectivity index (χ3v) is 4.22. The number of halogens is 2. The lowest BCUT2D eigenvalue weighted by Gasteiger charge is -2.20. The molecule has 0 atom stereocenters. The van der Waals surface area contributed by atoms with Gasteiger partial charge in [0.05, 0.1) is 10.7 Å². The summed E-state index contributed by atoms with van der Waals surface area (Å²) in [5.74, 6) is 1.93. The molecule has 5 heteroatoms. The molecule has 1 aliphatic rings. The van der Waals surface area contributed by atoms with Gasteiger partial charge in [-0.05, 0) is 47.0 Å². The number of nitrogens with zero attached hydrogens (tertiary/aromatic N) is 3. The van der Waals surface area contributed by atoms with Crippen LogP contribution in [-0.4, -0.2) is 14.8 Å². The Kier molecular flexibility index (Phi) is 2.30. The first-order valence-electron chi connectivity index (χ1n) is 5.06. The highest BCUT2D eigenvalue weighted by atomic mass is 79.9.